The van der Waals surface area contributed by atoms with Crippen molar-refractivity contribution >= 4 is 35.6 Å². The fraction of sp³-hybridized carbons (Fsp3) is 0.538. The van der Waals surface area contributed by atoms with Gasteiger partial charge in [-0.1, -0.05) is 6.07 Å². The van der Waals surface area contributed by atoms with Crippen LogP contribution in [-0.2, 0) is 4.79 Å². The van der Waals surface area contributed by atoms with Gasteiger partial charge in [-0.25, -0.2) is 0 Å². The Balaban J connectivity index is 0.00000200. The van der Waals surface area contributed by atoms with Gasteiger partial charge in [0.15, 0.2) is 0 Å². The maximum absolute atomic E-state index is 11.6. The average molecular weight is 318 g/mol. The zero-order valence-corrected chi connectivity index (χ0v) is 12.8. The molecule has 0 bridgehead atoms. The van der Waals surface area contributed by atoms with E-state index in [-0.39, 0.29) is 30.8 Å². The van der Waals surface area contributed by atoms with E-state index in [2.05, 4.69) is 16.0 Å². The van der Waals surface area contributed by atoms with Gasteiger partial charge in [0.05, 0.1) is 11.4 Å². The summed E-state index contributed by atoms with van der Waals surface area (Å²) >= 11 is 1.37. The topological polar surface area (TPSA) is 70.2 Å². The summed E-state index contributed by atoms with van der Waals surface area (Å²) in [6, 6.07) is 3.56. The van der Waals surface area contributed by atoms with Crippen molar-refractivity contribution in [2.75, 3.05) is 26.2 Å². The van der Waals surface area contributed by atoms with Crippen molar-refractivity contribution in [1.82, 2.24) is 16.0 Å². The first kappa shape index (κ1) is 16.9. The minimum Gasteiger partial charge on any atom is -0.355 e. The van der Waals surface area contributed by atoms with Crippen LogP contribution in [0, 0.1) is 5.92 Å². The molecule has 112 valence electrons. The fourth-order valence-electron chi connectivity index (χ4n) is 2.09. The van der Waals surface area contributed by atoms with Crippen molar-refractivity contribution in [3.8, 4) is 0 Å². The monoisotopic (exact) mass is 317 g/mol. The van der Waals surface area contributed by atoms with Gasteiger partial charge in [0.25, 0.3) is 5.91 Å². The molecular formula is C13H20ClN3O2S. The Kier molecular flexibility index (Phi) is 7.58. The SMILES string of the molecule is Cl.O=C(CNC(=O)c1cccs1)NCCC1CCNC1. The van der Waals surface area contributed by atoms with Crippen LogP contribution in [0.4, 0.5) is 0 Å². The summed E-state index contributed by atoms with van der Waals surface area (Å²) in [7, 11) is 0. The van der Waals surface area contributed by atoms with E-state index in [9.17, 15) is 9.59 Å². The molecule has 1 aliphatic heterocycles. The predicted molar refractivity (Wildman–Crippen MR) is 82.5 cm³/mol. The number of halogens is 1. The van der Waals surface area contributed by atoms with E-state index < -0.39 is 0 Å². The maximum atomic E-state index is 11.6. The van der Waals surface area contributed by atoms with E-state index in [1.165, 1.54) is 17.8 Å². The summed E-state index contributed by atoms with van der Waals surface area (Å²) in [4.78, 5) is 23.8. The molecule has 1 fully saturated rings. The number of thiophene rings is 1. The first-order valence-electron chi connectivity index (χ1n) is 6.55. The lowest BCUT2D eigenvalue weighted by Crippen LogP contribution is -2.37. The zero-order valence-electron chi connectivity index (χ0n) is 11.2. The lowest BCUT2D eigenvalue weighted by molar-refractivity contribution is -0.120. The van der Waals surface area contributed by atoms with E-state index in [0.717, 1.165) is 19.5 Å². The summed E-state index contributed by atoms with van der Waals surface area (Å²) in [5.41, 5.74) is 0. The molecule has 1 saturated heterocycles. The van der Waals surface area contributed by atoms with E-state index in [1.807, 2.05) is 11.4 Å². The standard InChI is InChI=1S/C13H19N3O2S.ClH/c17-12(15-6-4-10-3-5-14-8-10)9-16-13(18)11-2-1-7-19-11;/h1-2,7,10,14H,3-6,8-9H2,(H,15,17)(H,16,18);1H. The molecule has 0 saturated carbocycles. The third kappa shape index (κ3) is 5.48. The number of hydrogen-bond donors (Lipinski definition) is 3. The summed E-state index contributed by atoms with van der Waals surface area (Å²) in [6.45, 7) is 2.85. The third-order valence-electron chi connectivity index (χ3n) is 3.19. The normalized spacial score (nSPS) is 17.3. The summed E-state index contributed by atoms with van der Waals surface area (Å²) < 4.78 is 0. The van der Waals surface area contributed by atoms with Gasteiger partial charge in [-0.2, -0.15) is 0 Å². The lowest BCUT2D eigenvalue weighted by Gasteiger charge is -2.09. The van der Waals surface area contributed by atoms with Crippen molar-refractivity contribution in [3.63, 3.8) is 0 Å². The van der Waals surface area contributed by atoms with Crippen LogP contribution in [0.2, 0.25) is 0 Å². The van der Waals surface area contributed by atoms with Crippen LogP contribution < -0.4 is 16.0 Å². The number of nitrogens with one attached hydrogen (secondary N) is 3. The summed E-state index contributed by atoms with van der Waals surface area (Å²) in [6.07, 6.45) is 2.18. The Bertz CT molecular complexity index is 419. The summed E-state index contributed by atoms with van der Waals surface area (Å²) in [5, 5.41) is 10.6. The van der Waals surface area contributed by atoms with E-state index in [1.54, 1.807) is 6.07 Å². The second kappa shape index (κ2) is 8.94. The Hall–Kier alpha value is -1.11. The second-order valence-corrected chi connectivity index (χ2v) is 5.61. The smallest absolute Gasteiger partial charge is 0.261 e. The largest absolute Gasteiger partial charge is 0.355 e. The molecule has 2 heterocycles. The van der Waals surface area contributed by atoms with Crippen molar-refractivity contribution in [1.29, 1.82) is 0 Å². The molecule has 7 heteroatoms. The molecule has 2 amide bonds. The van der Waals surface area contributed by atoms with Gasteiger partial charge >= 0.3 is 0 Å². The first-order chi connectivity index (χ1) is 9.25. The predicted octanol–water partition coefficient (Wildman–Crippen LogP) is 1.02. The van der Waals surface area contributed by atoms with Crippen LogP contribution in [-0.4, -0.2) is 38.0 Å². The molecule has 1 atom stereocenters. The Labute approximate surface area is 128 Å². The van der Waals surface area contributed by atoms with E-state index in [4.69, 9.17) is 0 Å². The molecule has 1 aromatic rings. The Morgan fingerprint density at radius 3 is 2.90 bits per heavy atom. The minimum absolute atomic E-state index is 0. The van der Waals surface area contributed by atoms with Crippen molar-refractivity contribution in [3.05, 3.63) is 22.4 Å². The highest BCUT2D eigenvalue weighted by Gasteiger charge is 2.14. The molecule has 20 heavy (non-hydrogen) atoms. The number of carbonyl (C=O) groups excluding carboxylic acids is 2. The third-order valence-corrected chi connectivity index (χ3v) is 4.06. The molecule has 5 nitrogen and oxygen atoms in total. The first-order valence-corrected chi connectivity index (χ1v) is 7.43. The number of hydrogen-bond acceptors (Lipinski definition) is 4. The lowest BCUT2D eigenvalue weighted by atomic mass is 10.1. The van der Waals surface area contributed by atoms with Gasteiger partial charge in [0, 0.05) is 6.54 Å². The number of carbonyl (C=O) groups is 2. The van der Waals surface area contributed by atoms with E-state index in [0.29, 0.717) is 17.3 Å². The number of rotatable bonds is 6. The van der Waals surface area contributed by atoms with Gasteiger partial charge in [0.1, 0.15) is 0 Å². The van der Waals surface area contributed by atoms with Crippen LogP contribution in [0.15, 0.2) is 17.5 Å². The van der Waals surface area contributed by atoms with Crippen LogP contribution in [0.25, 0.3) is 0 Å². The molecule has 0 radical (unpaired) electrons. The van der Waals surface area contributed by atoms with Gasteiger partial charge in [-0.3, -0.25) is 9.59 Å². The van der Waals surface area contributed by atoms with Crippen molar-refractivity contribution in [2.24, 2.45) is 5.92 Å². The Morgan fingerprint density at radius 2 is 2.25 bits per heavy atom. The second-order valence-electron chi connectivity index (χ2n) is 4.66. The molecule has 0 aliphatic carbocycles. The molecular weight excluding hydrogens is 298 g/mol. The Morgan fingerprint density at radius 1 is 1.40 bits per heavy atom. The van der Waals surface area contributed by atoms with E-state index >= 15 is 0 Å². The molecule has 0 aromatic carbocycles. The highest BCUT2D eigenvalue weighted by Crippen LogP contribution is 2.10. The number of amides is 2. The maximum Gasteiger partial charge on any atom is 0.261 e. The molecule has 1 unspecified atom stereocenters. The van der Waals surface area contributed by atoms with Crippen LogP contribution >= 0.6 is 23.7 Å². The minimum atomic E-state index is -0.190. The molecule has 0 spiro atoms. The quantitative estimate of drug-likeness (QED) is 0.733. The van der Waals surface area contributed by atoms with Gasteiger partial charge in [-0.15, -0.1) is 23.7 Å². The van der Waals surface area contributed by atoms with Crippen LogP contribution in [0.3, 0.4) is 0 Å². The van der Waals surface area contributed by atoms with Crippen molar-refractivity contribution in [2.45, 2.75) is 12.8 Å². The fourth-order valence-corrected chi connectivity index (χ4v) is 2.73. The van der Waals surface area contributed by atoms with Crippen LogP contribution in [0.1, 0.15) is 22.5 Å². The average Bonchev–Trinajstić information content (AvgIpc) is 3.08. The summed E-state index contributed by atoms with van der Waals surface area (Å²) in [5.74, 6) is 0.349. The van der Waals surface area contributed by atoms with Gasteiger partial charge in [0.2, 0.25) is 5.91 Å². The molecule has 2 rings (SSSR count). The molecule has 3 N–H and O–H groups in total. The van der Waals surface area contributed by atoms with Gasteiger partial charge in [-0.05, 0) is 43.3 Å². The molecule has 1 aliphatic rings. The highest BCUT2D eigenvalue weighted by molar-refractivity contribution is 7.12. The zero-order chi connectivity index (χ0) is 13.5. The highest BCUT2D eigenvalue weighted by atomic mass is 35.5. The van der Waals surface area contributed by atoms with Crippen LogP contribution in [0.5, 0.6) is 0 Å². The molecule has 1 aromatic heterocycles. The van der Waals surface area contributed by atoms with Gasteiger partial charge < -0.3 is 16.0 Å². The van der Waals surface area contributed by atoms with Crippen molar-refractivity contribution < 1.29 is 9.59 Å².